The zero-order valence-corrected chi connectivity index (χ0v) is 18.6. The number of aromatic carboxylic acids is 1. The van der Waals surface area contributed by atoms with Gasteiger partial charge in [0.1, 0.15) is 11.8 Å². The number of urea groups is 1. The lowest BCUT2D eigenvalue weighted by atomic mass is 9.72. The highest BCUT2D eigenvalue weighted by Crippen LogP contribution is 2.30. The third kappa shape index (κ3) is 4.97. The summed E-state index contributed by atoms with van der Waals surface area (Å²) in [6.07, 6.45) is -1.37. The van der Waals surface area contributed by atoms with Crippen LogP contribution in [0.3, 0.4) is 0 Å². The minimum Gasteiger partial charge on any atom is -0.534 e. The van der Waals surface area contributed by atoms with E-state index in [2.05, 4.69) is 10.6 Å². The Morgan fingerprint density at radius 2 is 1.94 bits per heavy atom. The smallest absolute Gasteiger partial charge is 0.534 e. The van der Waals surface area contributed by atoms with E-state index in [0.717, 1.165) is 0 Å². The fraction of sp³-hybridized carbons (Fsp3) is 0.450. The average Bonchev–Trinajstić information content (AvgIpc) is 2.78. The van der Waals surface area contributed by atoms with Gasteiger partial charge in [-0.05, 0) is 31.9 Å². The third-order valence-electron chi connectivity index (χ3n) is 5.66. The van der Waals surface area contributed by atoms with Crippen LogP contribution in [0, 0.1) is 0 Å². The number of fused-ring (bicyclic) bond motifs is 1. The molecule has 1 saturated heterocycles. The van der Waals surface area contributed by atoms with Gasteiger partial charge in [0, 0.05) is 19.6 Å². The lowest BCUT2D eigenvalue weighted by molar-refractivity contribution is -0.153. The number of rotatable bonds is 6. The van der Waals surface area contributed by atoms with Gasteiger partial charge in [-0.1, -0.05) is 12.1 Å². The van der Waals surface area contributed by atoms with Crippen LogP contribution in [0.4, 0.5) is 4.79 Å². The molecule has 2 heterocycles. The normalized spacial score (nSPS) is 19.6. The van der Waals surface area contributed by atoms with Gasteiger partial charge in [0.15, 0.2) is 0 Å². The van der Waals surface area contributed by atoms with Gasteiger partial charge < -0.3 is 35.4 Å². The molecule has 3 rings (SSSR count). The monoisotopic (exact) mass is 476 g/mol. The Morgan fingerprint density at radius 3 is 2.56 bits per heavy atom. The van der Waals surface area contributed by atoms with Crippen molar-refractivity contribution < 1.29 is 43.9 Å². The molecule has 0 aromatic heterocycles. The van der Waals surface area contributed by atoms with Gasteiger partial charge in [-0.25, -0.2) is 9.59 Å². The summed E-state index contributed by atoms with van der Waals surface area (Å²) in [5, 5.41) is 34.4. The number of carbonyl (C=O) groups excluding carboxylic acids is 4. The topological polar surface area (TPSA) is 186 Å². The highest BCUT2D eigenvalue weighted by atomic mass is 16.5. The van der Waals surface area contributed by atoms with E-state index < -0.39 is 54.9 Å². The van der Waals surface area contributed by atoms with Gasteiger partial charge >= 0.3 is 30.9 Å². The Balaban J connectivity index is 1.69. The van der Waals surface area contributed by atoms with E-state index in [0.29, 0.717) is 17.0 Å². The Morgan fingerprint density at radius 1 is 1.24 bits per heavy atom. The van der Waals surface area contributed by atoms with Gasteiger partial charge in [-0.3, -0.25) is 19.3 Å². The van der Waals surface area contributed by atoms with Crippen LogP contribution in [0.5, 0.6) is 5.75 Å². The molecule has 2 aliphatic heterocycles. The van der Waals surface area contributed by atoms with E-state index in [9.17, 15) is 39.2 Å². The second-order valence-electron chi connectivity index (χ2n) is 7.94. The zero-order chi connectivity index (χ0) is 25.2. The molecule has 3 atom stereocenters. The predicted octanol–water partition coefficient (Wildman–Crippen LogP) is -2.03. The zero-order valence-electron chi connectivity index (χ0n) is 18.6. The predicted molar refractivity (Wildman–Crippen MR) is 116 cm³/mol. The van der Waals surface area contributed by atoms with Crippen molar-refractivity contribution in [3.63, 3.8) is 0 Å². The molecule has 1 unspecified atom stereocenters. The van der Waals surface area contributed by atoms with E-state index in [1.165, 1.54) is 24.0 Å². The summed E-state index contributed by atoms with van der Waals surface area (Å²) in [5.41, 5.74) is 0.295. The number of amides is 5. The number of carbonyl (C=O) groups is 5. The number of para-hydroxylation sites is 1. The Labute approximate surface area is 194 Å². The van der Waals surface area contributed by atoms with Gasteiger partial charge in [-0.15, -0.1) is 0 Å². The molecule has 1 aromatic carbocycles. The molecule has 182 valence electrons. The van der Waals surface area contributed by atoms with Crippen molar-refractivity contribution in [3.05, 3.63) is 29.3 Å². The van der Waals surface area contributed by atoms with E-state index >= 15 is 0 Å². The Hall–Kier alpha value is -3.65. The number of imide groups is 1. The summed E-state index contributed by atoms with van der Waals surface area (Å²) < 4.78 is 5.32. The molecule has 0 bridgehead atoms. The van der Waals surface area contributed by atoms with Crippen LogP contribution in [0.15, 0.2) is 18.2 Å². The fourth-order valence-corrected chi connectivity index (χ4v) is 3.77. The lowest BCUT2D eigenvalue weighted by Crippen LogP contribution is -2.63. The van der Waals surface area contributed by atoms with Crippen molar-refractivity contribution in [3.8, 4) is 5.75 Å². The van der Waals surface area contributed by atoms with Crippen LogP contribution in [0.1, 0.15) is 29.8 Å². The van der Waals surface area contributed by atoms with E-state index in [1.807, 2.05) is 0 Å². The molecule has 14 heteroatoms. The van der Waals surface area contributed by atoms with Gasteiger partial charge in [0.2, 0.25) is 5.91 Å². The molecule has 0 aliphatic carbocycles. The Kier molecular flexibility index (Phi) is 7.42. The van der Waals surface area contributed by atoms with E-state index in [-0.39, 0.29) is 30.8 Å². The first kappa shape index (κ1) is 25.0. The second kappa shape index (κ2) is 10.1. The number of hydrogen-bond acceptors (Lipinski definition) is 8. The summed E-state index contributed by atoms with van der Waals surface area (Å²) in [7, 11) is -1.59. The molecule has 0 spiro atoms. The van der Waals surface area contributed by atoms with E-state index in [4.69, 9.17) is 4.65 Å². The van der Waals surface area contributed by atoms with Crippen LogP contribution < -0.4 is 15.3 Å². The highest BCUT2D eigenvalue weighted by Gasteiger charge is 2.41. The van der Waals surface area contributed by atoms with Crippen molar-refractivity contribution in [1.82, 2.24) is 20.4 Å². The number of likely N-dealkylation sites (N-methyl/N-ethyl adjacent to an activating group) is 1. The van der Waals surface area contributed by atoms with Gasteiger partial charge in [0.05, 0.1) is 17.6 Å². The summed E-state index contributed by atoms with van der Waals surface area (Å²) in [6, 6.07) is 1.86. The standard InChI is InChI=1S/C20H25BN4O9/c1-3-24-7-8-25(18(29)17(24)28)20(32)23-14(10(2)26)16(27)22-13-9-11-5-4-6-12(19(30)31)15(11)34-21(13)33/h4-6,10,13-14,26,33H,3,7-9H2,1-2H3,(H,22,27)(H,23,32)(H,30,31)/t10-,13?,14-/m1/s1. The summed E-state index contributed by atoms with van der Waals surface area (Å²) in [6.45, 7) is 3.31. The maximum Gasteiger partial charge on any atom is 0.547 e. The number of carboxylic acids is 1. The summed E-state index contributed by atoms with van der Waals surface area (Å²) >= 11 is 0. The van der Waals surface area contributed by atoms with Gasteiger partial charge in [0.25, 0.3) is 0 Å². The number of piperazine rings is 1. The second-order valence-corrected chi connectivity index (χ2v) is 7.94. The molecule has 5 amide bonds. The molecule has 34 heavy (non-hydrogen) atoms. The minimum absolute atomic E-state index is 0.0113. The summed E-state index contributed by atoms with van der Waals surface area (Å²) in [4.78, 5) is 63.0. The molecule has 5 N–H and O–H groups in total. The Bertz CT molecular complexity index is 1020. The molecule has 0 radical (unpaired) electrons. The molecular weight excluding hydrogens is 451 g/mol. The van der Waals surface area contributed by atoms with Crippen molar-refractivity contribution >= 4 is 36.8 Å². The van der Waals surface area contributed by atoms with Crippen LogP contribution in [0.2, 0.25) is 0 Å². The van der Waals surface area contributed by atoms with Crippen LogP contribution in [0.25, 0.3) is 0 Å². The van der Waals surface area contributed by atoms with Crippen molar-refractivity contribution in [2.24, 2.45) is 0 Å². The number of hydrogen-bond donors (Lipinski definition) is 5. The molecular formula is C20H25BN4O9. The van der Waals surface area contributed by atoms with Crippen LogP contribution >= 0.6 is 0 Å². The van der Waals surface area contributed by atoms with Gasteiger partial charge in [-0.2, -0.15) is 0 Å². The molecule has 0 saturated carbocycles. The fourth-order valence-electron chi connectivity index (χ4n) is 3.77. The lowest BCUT2D eigenvalue weighted by Gasteiger charge is -2.33. The van der Waals surface area contributed by atoms with Crippen molar-refractivity contribution in [2.75, 3.05) is 19.6 Å². The molecule has 2 aliphatic rings. The molecule has 1 aromatic rings. The quantitative estimate of drug-likeness (QED) is 0.228. The largest absolute Gasteiger partial charge is 0.547 e. The minimum atomic E-state index is -1.59. The number of benzene rings is 1. The first-order valence-corrected chi connectivity index (χ1v) is 10.6. The third-order valence-corrected chi connectivity index (χ3v) is 5.66. The highest BCUT2D eigenvalue weighted by molar-refractivity contribution is 6.47. The number of nitrogens with one attached hydrogen (secondary N) is 2. The van der Waals surface area contributed by atoms with E-state index in [1.54, 1.807) is 13.0 Å². The maximum atomic E-state index is 12.8. The number of carboxylic acid groups (broad SMARTS) is 1. The van der Waals surface area contributed by atoms with Crippen LogP contribution in [-0.2, 0) is 20.8 Å². The average molecular weight is 476 g/mol. The molecule has 13 nitrogen and oxygen atoms in total. The van der Waals surface area contributed by atoms with Crippen molar-refractivity contribution in [1.29, 1.82) is 0 Å². The molecule has 1 fully saturated rings. The number of aliphatic hydroxyl groups is 1. The summed E-state index contributed by atoms with van der Waals surface area (Å²) in [5.74, 6) is -5.03. The first-order valence-electron chi connectivity index (χ1n) is 10.6. The van der Waals surface area contributed by atoms with Crippen LogP contribution in [-0.4, -0.2) is 99.6 Å². The SMILES string of the molecule is CCN1CCN(C(=O)N[C@@H](C(=O)NC2Cc3cccc(C(=O)O)c3OB2O)[C@@H](C)O)C(=O)C1=O. The maximum absolute atomic E-state index is 12.8. The first-order chi connectivity index (χ1) is 16.0. The number of nitrogens with zero attached hydrogens (tertiary/aromatic N) is 2. The van der Waals surface area contributed by atoms with Crippen molar-refractivity contribution in [2.45, 2.75) is 38.4 Å². The number of aliphatic hydroxyl groups excluding tert-OH is 1.